The largest absolute Gasteiger partial charge is 0.497 e. The molecule has 0 radical (unpaired) electrons. The van der Waals surface area contributed by atoms with Gasteiger partial charge in [-0.05, 0) is 37.1 Å². The topological polar surface area (TPSA) is 47.5 Å². The van der Waals surface area contributed by atoms with E-state index < -0.39 is 0 Å². The van der Waals surface area contributed by atoms with Crippen molar-refractivity contribution in [3.8, 4) is 11.5 Å². The van der Waals surface area contributed by atoms with Crippen LogP contribution in [0.3, 0.4) is 0 Å². The maximum atomic E-state index is 6.08. The molecule has 1 aliphatic rings. The van der Waals surface area contributed by atoms with Crippen molar-refractivity contribution in [1.29, 1.82) is 0 Å². The zero-order chi connectivity index (χ0) is 16.8. The van der Waals surface area contributed by atoms with Gasteiger partial charge in [0.05, 0.1) is 7.11 Å². The number of likely N-dealkylation sites (tertiary alicyclic amines) is 1. The third kappa shape index (κ3) is 4.45. The summed E-state index contributed by atoms with van der Waals surface area (Å²) in [5.74, 6) is 2.68. The summed E-state index contributed by atoms with van der Waals surface area (Å²) in [7, 11) is 1.67. The van der Waals surface area contributed by atoms with Crippen LogP contribution in [0.5, 0.6) is 11.5 Å². The number of benzene rings is 1. The lowest BCUT2D eigenvalue weighted by molar-refractivity contribution is 0.0966. The molecular formula is C19H25N3O2. The Hall–Kier alpha value is -2.14. The fourth-order valence-electron chi connectivity index (χ4n) is 2.94. The van der Waals surface area contributed by atoms with Crippen LogP contribution in [0, 0.1) is 0 Å². The van der Waals surface area contributed by atoms with Crippen molar-refractivity contribution in [2.75, 3.05) is 20.2 Å². The third-order valence-electron chi connectivity index (χ3n) is 4.38. The third-order valence-corrected chi connectivity index (χ3v) is 4.38. The van der Waals surface area contributed by atoms with E-state index in [0.29, 0.717) is 0 Å². The number of nitrogens with zero attached hydrogens (tertiary/aromatic N) is 3. The Balaban J connectivity index is 1.46. The van der Waals surface area contributed by atoms with Gasteiger partial charge < -0.3 is 9.47 Å². The van der Waals surface area contributed by atoms with Crippen LogP contribution < -0.4 is 9.47 Å². The molecule has 0 unspecified atom stereocenters. The minimum Gasteiger partial charge on any atom is -0.497 e. The molecule has 2 aromatic rings. The number of methoxy groups -OCH3 is 1. The van der Waals surface area contributed by atoms with E-state index in [-0.39, 0.29) is 6.10 Å². The van der Waals surface area contributed by atoms with Gasteiger partial charge in [-0.25, -0.2) is 9.97 Å². The zero-order valence-corrected chi connectivity index (χ0v) is 14.4. The highest BCUT2D eigenvalue weighted by atomic mass is 16.5. The Morgan fingerprint density at radius 2 is 1.67 bits per heavy atom. The van der Waals surface area contributed by atoms with E-state index in [0.717, 1.165) is 56.2 Å². The van der Waals surface area contributed by atoms with Crippen LogP contribution in [0.25, 0.3) is 0 Å². The smallest absolute Gasteiger partial charge is 0.127 e. The second-order valence-electron chi connectivity index (χ2n) is 6.13. The van der Waals surface area contributed by atoms with Gasteiger partial charge in [-0.1, -0.05) is 6.92 Å². The predicted molar refractivity (Wildman–Crippen MR) is 93.3 cm³/mol. The summed E-state index contributed by atoms with van der Waals surface area (Å²) >= 11 is 0. The van der Waals surface area contributed by atoms with Crippen LogP contribution in [0.4, 0.5) is 0 Å². The average Bonchev–Trinajstić information content (AvgIpc) is 2.65. The Labute approximate surface area is 143 Å². The van der Waals surface area contributed by atoms with Gasteiger partial charge >= 0.3 is 0 Å². The van der Waals surface area contributed by atoms with Gasteiger partial charge in [0.25, 0.3) is 0 Å². The summed E-state index contributed by atoms with van der Waals surface area (Å²) in [6.07, 6.45) is 7.15. The predicted octanol–water partition coefficient (Wildman–Crippen LogP) is 3.09. The first-order chi connectivity index (χ1) is 11.8. The standard InChI is InChI=1S/C19H25N3O2/c1-3-19-20-12-15(13-21-19)14-22-10-8-18(9-11-22)24-17-6-4-16(23-2)5-7-17/h4-7,12-13,18H,3,8-11,14H2,1-2H3. The molecule has 128 valence electrons. The molecule has 0 spiro atoms. The molecule has 1 fully saturated rings. The van der Waals surface area contributed by atoms with Gasteiger partial charge in [0, 0.05) is 44.0 Å². The number of aromatic nitrogens is 2. The number of rotatable bonds is 6. The molecule has 0 atom stereocenters. The number of hydrogen-bond acceptors (Lipinski definition) is 5. The van der Waals surface area contributed by atoms with Crippen molar-refractivity contribution >= 4 is 0 Å². The highest BCUT2D eigenvalue weighted by Crippen LogP contribution is 2.22. The highest BCUT2D eigenvalue weighted by Gasteiger charge is 2.20. The van der Waals surface area contributed by atoms with Crippen LogP contribution in [-0.4, -0.2) is 41.2 Å². The van der Waals surface area contributed by atoms with E-state index in [1.165, 1.54) is 5.56 Å². The Morgan fingerprint density at radius 3 is 2.25 bits per heavy atom. The molecule has 5 nitrogen and oxygen atoms in total. The summed E-state index contributed by atoms with van der Waals surface area (Å²) in [5.41, 5.74) is 1.18. The van der Waals surface area contributed by atoms with E-state index in [4.69, 9.17) is 9.47 Å². The van der Waals surface area contributed by atoms with E-state index in [1.54, 1.807) is 7.11 Å². The minimum atomic E-state index is 0.286. The normalized spacial score (nSPS) is 16.1. The van der Waals surface area contributed by atoms with Gasteiger partial charge in [-0.15, -0.1) is 0 Å². The lowest BCUT2D eigenvalue weighted by atomic mass is 10.1. The van der Waals surface area contributed by atoms with Gasteiger partial charge in [-0.3, -0.25) is 4.90 Å². The molecule has 0 aliphatic carbocycles. The van der Waals surface area contributed by atoms with Gasteiger partial charge in [-0.2, -0.15) is 0 Å². The molecule has 5 heteroatoms. The lowest BCUT2D eigenvalue weighted by Gasteiger charge is -2.32. The van der Waals surface area contributed by atoms with Crippen molar-refractivity contribution in [3.63, 3.8) is 0 Å². The van der Waals surface area contributed by atoms with E-state index in [2.05, 4.69) is 21.8 Å². The summed E-state index contributed by atoms with van der Waals surface area (Å²) in [6, 6.07) is 7.81. The monoisotopic (exact) mass is 327 g/mol. The van der Waals surface area contributed by atoms with E-state index in [1.807, 2.05) is 36.7 Å². The van der Waals surface area contributed by atoms with Crippen LogP contribution >= 0.6 is 0 Å². The second kappa shape index (κ2) is 8.11. The molecule has 0 amide bonds. The molecule has 3 rings (SSSR count). The SMILES string of the molecule is CCc1ncc(CN2CCC(Oc3ccc(OC)cc3)CC2)cn1. The first-order valence-electron chi connectivity index (χ1n) is 8.59. The first-order valence-corrected chi connectivity index (χ1v) is 8.59. The first kappa shape index (κ1) is 16.7. The molecule has 0 N–H and O–H groups in total. The summed E-state index contributed by atoms with van der Waals surface area (Å²) in [4.78, 5) is 11.2. The second-order valence-corrected chi connectivity index (χ2v) is 6.13. The van der Waals surface area contributed by atoms with Crippen LogP contribution in [0.2, 0.25) is 0 Å². The Kier molecular flexibility index (Phi) is 5.64. The van der Waals surface area contributed by atoms with Gasteiger partial charge in [0.15, 0.2) is 0 Å². The average molecular weight is 327 g/mol. The maximum absolute atomic E-state index is 6.08. The fraction of sp³-hybridized carbons (Fsp3) is 0.474. The van der Waals surface area contributed by atoms with Gasteiger partial charge in [0.1, 0.15) is 23.4 Å². The zero-order valence-electron chi connectivity index (χ0n) is 14.4. The maximum Gasteiger partial charge on any atom is 0.127 e. The van der Waals surface area contributed by atoms with Crippen molar-refractivity contribution in [2.24, 2.45) is 0 Å². The fourth-order valence-corrected chi connectivity index (χ4v) is 2.94. The molecule has 1 aliphatic heterocycles. The summed E-state index contributed by atoms with van der Waals surface area (Å²) in [5, 5.41) is 0. The molecule has 0 bridgehead atoms. The van der Waals surface area contributed by atoms with Gasteiger partial charge in [0.2, 0.25) is 0 Å². The minimum absolute atomic E-state index is 0.286. The Morgan fingerprint density at radius 1 is 1.04 bits per heavy atom. The van der Waals surface area contributed by atoms with Crippen molar-refractivity contribution in [3.05, 3.63) is 48.0 Å². The molecule has 1 saturated heterocycles. The molecular weight excluding hydrogens is 302 g/mol. The van der Waals surface area contributed by atoms with Crippen LogP contribution in [0.1, 0.15) is 31.2 Å². The molecule has 0 saturated carbocycles. The number of hydrogen-bond donors (Lipinski definition) is 0. The molecule has 1 aromatic heterocycles. The van der Waals surface area contributed by atoms with Crippen molar-refractivity contribution < 1.29 is 9.47 Å². The van der Waals surface area contributed by atoms with Crippen LogP contribution in [-0.2, 0) is 13.0 Å². The van der Waals surface area contributed by atoms with E-state index in [9.17, 15) is 0 Å². The van der Waals surface area contributed by atoms with Crippen molar-refractivity contribution in [2.45, 2.75) is 38.8 Å². The molecule has 2 heterocycles. The summed E-state index contributed by atoms with van der Waals surface area (Å²) in [6.45, 7) is 5.06. The summed E-state index contributed by atoms with van der Waals surface area (Å²) < 4.78 is 11.2. The number of piperidine rings is 1. The lowest BCUT2D eigenvalue weighted by Crippen LogP contribution is -2.37. The Bertz CT molecular complexity index is 563. The highest BCUT2D eigenvalue weighted by molar-refractivity contribution is 5.31. The van der Waals surface area contributed by atoms with Crippen molar-refractivity contribution in [1.82, 2.24) is 14.9 Å². The molecule has 1 aromatic carbocycles. The number of aryl methyl sites for hydroxylation is 1. The molecule has 24 heavy (non-hydrogen) atoms. The van der Waals surface area contributed by atoms with E-state index >= 15 is 0 Å². The number of ether oxygens (including phenoxy) is 2. The quantitative estimate of drug-likeness (QED) is 0.816. The van der Waals surface area contributed by atoms with Crippen LogP contribution in [0.15, 0.2) is 36.7 Å².